The molecule has 2 atom stereocenters. The fraction of sp³-hybridized carbons (Fsp3) is 0.625. The van der Waals surface area contributed by atoms with E-state index in [1.165, 1.54) is 0 Å². The molecule has 0 heterocycles. The zero-order valence-corrected chi connectivity index (χ0v) is 17.3. The Kier molecular flexibility index (Phi) is 8.77. The van der Waals surface area contributed by atoms with Gasteiger partial charge in [0.05, 0.1) is 23.8 Å². The maximum atomic E-state index is 14.0. The molecule has 0 radical (unpaired) electrons. The van der Waals surface area contributed by atoms with Gasteiger partial charge >= 0.3 is 30.4 Å². The smallest absolute Gasteiger partial charge is 0.389 e. The minimum Gasteiger partial charge on any atom is -0.389 e. The van der Waals surface area contributed by atoms with E-state index in [0.29, 0.717) is 0 Å². The molecule has 2 nitrogen and oxygen atoms in total. The number of benzene rings is 1. The highest BCUT2D eigenvalue weighted by atomic mass is 127. The average Bonchev–Trinajstić information content (AvgIpc) is 2.60. The van der Waals surface area contributed by atoms with Crippen LogP contribution in [0.5, 0.6) is 0 Å². The fourth-order valence-corrected chi connectivity index (χ4v) is 2.81. The van der Waals surface area contributed by atoms with Gasteiger partial charge in [-0.25, -0.2) is 4.39 Å². The highest BCUT2D eigenvalue weighted by Crippen LogP contribution is 2.50. The number of aliphatic hydroxyl groups is 1. The standard InChI is InChI=1S/C16H12F13IO2/c17-12(15(24,25)26,16(27,28)29)11(31)6-10(32-2-1-30)7-3-8(13(18,19)20)5-9(4-7)14(21,22)23/h3-5,10-11,31H,1-2,6H2. The molecule has 0 aliphatic heterocycles. The molecule has 0 aliphatic rings. The summed E-state index contributed by atoms with van der Waals surface area (Å²) in [6, 6.07) is -0.331. The predicted octanol–water partition coefficient (Wildman–Crippen LogP) is 6.80. The summed E-state index contributed by atoms with van der Waals surface area (Å²) in [6.07, 6.45) is -32.5. The molecule has 0 fully saturated rings. The Morgan fingerprint density at radius 3 is 1.47 bits per heavy atom. The van der Waals surface area contributed by atoms with Crippen LogP contribution < -0.4 is 0 Å². The van der Waals surface area contributed by atoms with Gasteiger partial charge in [0, 0.05) is 10.8 Å². The molecule has 16 heteroatoms. The van der Waals surface area contributed by atoms with Gasteiger partial charge in [0.2, 0.25) is 0 Å². The topological polar surface area (TPSA) is 29.5 Å². The third-order valence-electron chi connectivity index (χ3n) is 4.10. The first kappa shape index (κ1) is 29.0. The molecule has 1 rings (SSSR count). The summed E-state index contributed by atoms with van der Waals surface area (Å²) < 4.78 is 174. The van der Waals surface area contributed by atoms with E-state index in [4.69, 9.17) is 4.74 Å². The van der Waals surface area contributed by atoms with E-state index < -0.39 is 72.3 Å². The Hall–Kier alpha value is -1.04. The molecule has 2 unspecified atom stereocenters. The van der Waals surface area contributed by atoms with Gasteiger partial charge in [0.25, 0.3) is 0 Å². The SMILES string of the molecule is OC(CC(OCCI)c1cc(C(F)(F)F)cc(C(F)(F)F)c1)C(F)(C(F)(F)F)C(F)(F)F. The van der Waals surface area contributed by atoms with Crippen LogP contribution in [-0.4, -0.2) is 40.3 Å². The second-order valence-electron chi connectivity index (χ2n) is 6.35. The molecule has 186 valence electrons. The minimum atomic E-state index is -6.70. The first-order valence-electron chi connectivity index (χ1n) is 8.13. The first-order valence-corrected chi connectivity index (χ1v) is 9.66. The predicted molar refractivity (Wildman–Crippen MR) is 90.6 cm³/mol. The normalized spacial score (nSPS) is 16.2. The van der Waals surface area contributed by atoms with Crippen molar-refractivity contribution in [2.45, 2.75) is 49.0 Å². The second-order valence-corrected chi connectivity index (χ2v) is 7.43. The van der Waals surface area contributed by atoms with Crippen LogP contribution in [0.15, 0.2) is 18.2 Å². The van der Waals surface area contributed by atoms with E-state index in [2.05, 4.69) is 0 Å². The van der Waals surface area contributed by atoms with E-state index in [1.807, 2.05) is 0 Å². The van der Waals surface area contributed by atoms with Crippen LogP contribution in [0, 0.1) is 0 Å². The monoisotopic (exact) mass is 610 g/mol. The van der Waals surface area contributed by atoms with Crippen LogP contribution in [0.4, 0.5) is 57.1 Å². The van der Waals surface area contributed by atoms with Crippen molar-refractivity contribution >= 4 is 22.6 Å². The summed E-state index contributed by atoms with van der Waals surface area (Å²) in [5.41, 5.74) is -11.2. The summed E-state index contributed by atoms with van der Waals surface area (Å²) in [5, 5.41) is 9.49. The summed E-state index contributed by atoms with van der Waals surface area (Å²) in [4.78, 5) is 0. The fourth-order valence-electron chi connectivity index (χ4n) is 2.56. The third-order valence-corrected chi connectivity index (χ3v) is 4.54. The molecule has 0 saturated carbocycles. The molecular weight excluding hydrogens is 598 g/mol. The molecule has 0 aliphatic carbocycles. The molecule has 1 aromatic carbocycles. The van der Waals surface area contributed by atoms with E-state index >= 15 is 0 Å². The maximum Gasteiger partial charge on any atom is 0.434 e. The summed E-state index contributed by atoms with van der Waals surface area (Å²) >= 11 is 1.57. The largest absolute Gasteiger partial charge is 0.434 e. The Bertz CT molecular complexity index is 721. The van der Waals surface area contributed by atoms with Crippen LogP contribution in [0.1, 0.15) is 29.2 Å². The number of hydrogen-bond donors (Lipinski definition) is 1. The molecule has 0 amide bonds. The maximum absolute atomic E-state index is 14.0. The van der Waals surface area contributed by atoms with Gasteiger partial charge in [-0.2, -0.15) is 52.7 Å². The van der Waals surface area contributed by atoms with Crippen molar-refractivity contribution in [3.8, 4) is 0 Å². The molecule has 0 spiro atoms. The molecule has 1 N–H and O–H groups in total. The van der Waals surface area contributed by atoms with Crippen LogP contribution in [0.2, 0.25) is 0 Å². The first-order chi connectivity index (χ1) is 14.2. The van der Waals surface area contributed by atoms with Gasteiger partial charge in [-0.05, 0) is 23.8 Å². The number of hydrogen-bond acceptors (Lipinski definition) is 2. The molecule has 1 aromatic rings. The van der Waals surface area contributed by atoms with Gasteiger partial charge in [-0.3, -0.25) is 0 Å². The number of alkyl halides is 14. The average molecular weight is 610 g/mol. The Morgan fingerprint density at radius 2 is 1.16 bits per heavy atom. The zero-order chi connectivity index (χ0) is 25.3. The van der Waals surface area contributed by atoms with E-state index in [0.717, 1.165) is 0 Å². The minimum absolute atomic E-state index is 0.000899. The van der Waals surface area contributed by atoms with Crippen LogP contribution in [-0.2, 0) is 17.1 Å². The van der Waals surface area contributed by atoms with Gasteiger partial charge in [0.15, 0.2) is 0 Å². The molecule has 0 bridgehead atoms. The molecular formula is C16H12F13IO2. The zero-order valence-electron chi connectivity index (χ0n) is 15.2. The van der Waals surface area contributed by atoms with E-state index in [9.17, 15) is 62.2 Å². The van der Waals surface area contributed by atoms with E-state index in [1.54, 1.807) is 22.6 Å². The Balaban J connectivity index is 3.58. The van der Waals surface area contributed by atoms with Gasteiger partial charge in [-0.15, -0.1) is 0 Å². The van der Waals surface area contributed by atoms with Crippen LogP contribution >= 0.6 is 22.6 Å². The van der Waals surface area contributed by atoms with Gasteiger partial charge < -0.3 is 9.84 Å². The molecule has 0 aromatic heterocycles. The van der Waals surface area contributed by atoms with Crippen molar-refractivity contribution in [1.82, 2.24) is 0 Å². The summed E-state index contributed by atoms with van der Waals surface area (Å²) in [7, 11) is 0. The lowest BCUT2D eigenvalue weighted by atomic mass is 9.89. The van der Waals surface area contributed by atoms with Crippen LogP contribution in [0.25, 0.3) is 0 Å². The van der Waals surface area contributed by atoms with Gasteiger partial charge in [0.1, 0.15) is 6.10 Å². The molecule has 0 saturated heterocycles. The lowest BCUT2D eigenvalue weighted by Crippen LogP contribution is -2.61. The van der Waals surface area contributed by atoms with Crippen molar-refractivity contribution < 1.29 is 66.9 Å². The Morgan fingerprint density at radius 1 is 0.750 bits per heavy atom. The van der Waals surface area contributed by atoms with Crippen LogP contribution in [0.3, 0.4) is 0 Å². The van der Waals surface area contributed by atoms with Crippen molar-refractivity contribution in [2.24, 2.45) is 0 Å². The second kappa shape index (κ2) is 9.68. The quantitative estimate of drug-likeness (QED) is 0.209. The van der Waals surface area contributed by atoms with Crippen molar-refractivity contribution in [3.63, 3.8) is 0 Å². The summed E-state index contributed by atoms with van der Waals surface area (Å²) in [5.74, 6) is 0. The Labute approximate surface area is 184 Å². The van der Waals surface area contributed by atoms with Crippen molar-refractivity contribution in [1.29, 1.82) is 0 Å². The van der Waals surface area contributed by atoms with Gasteiger partial charge in [-0.1, -0.05) is 22.6 Å². The number of aliphatic hydroxyl groups excluding tert-OH is 1. The summed E-state index contributed by atoms with van der Waals surface area (Å²) in [6.45, 7) is -0.563. The number of halogens is 14. The highest BCUT2D eigenvalue weighted by Gasteiger charge is 2.76. The lowest BCUT2D eigenvalue weighted by Gasteiger charge is -2.35. The molecule has 32 heavy (non-hydrogen) atoms. The lowest BCUT2D eigenvalue weighted by molar-refractivity contribution is -0.366. The van der Waals surface area contributed by atoms with Crippen molar-refractivity contribution in [3.05, 3.63) is 34.9 Å². The van der Waals surface area contributed by atoms with E-state index in [-0.39, 0.29) is 22.6 Å². The number of rotatable bonds is 7. The number of ether oxygens (including phenoxy) is 1. The van der Waals surface area contributed by atoms with Crippen molar-refractivity contribution in [2.75, 3.05) is 11.0 Å². The third kappa shape index (κ3) is 6.51. The highest BCUT2D eigenvalue weighted by molar-refractivity contribution is 14.1.